The van der Waals surface area contributed by atoms with Crippen LogP contribution in [-0.4, -0.2) is 78.9 Å². The number of carbonyl (C=O) groups is 2. The number of aliphatic hydroxyl groups excluding tert-OH is 1. The molecule has 0 unspecified atom stereocenters. The van der Waals surface area contributed by atoms with Gasteiger partial charge in [-0.3, -0.25) is 9.59 Å². The second kappa shape index (κ2) is 11.7. The second-order valence-electron chi connectivity index (χ2n) is 11.4. The summed E-state index contributed by atoms with van der Waals surface area (Å²) in [5, 5.41) is 15.9. The third-order valence-electron chi connectivity index (χ3n) is 8.29. The summed E-state index contributed by atoms with van der Waals surface area (Å²) < 4.78 is 6.48. The maximum Gasteiger partial charge on any atom is 0.241 e. The molecule has 3 fully saturated rings. The smallest absolute Gasteiger partial charge is 0.241 e. The van der Waals surface area contributed by atoms with E-state index < -0.39 is 8.32 Å². The van der Waals surface area contributed by atoms with Crippen LogP contribution in [0, 0.1) is 5.92 Å². The van der Waals surface area contributed by atoms with Crippen LogP contribution in [-0.2, 0) is 20.7 Å². The van der Waals surface area contributed by atoms with Crippen LogP contribution in [0.5, 0.6) is 0 Å². The SMILES string of the molecule is C[C@@H]1[C@@H]([Si](C)(C)O)[C@H](CC(=O)N2CCC[C@H]2CO)O[C@@H]1CCc1cccc(NC(=O)[C@H]2CCCN2)c1. The number of nitrogens with one attached hydrogen (secondary N) is 2. The Morgan fingerprint density at radius 1 is 1.22 bits per heavy atom. The van der Waals surface area contributed by atoms with E-state index in [2.05, 4.69) is 23.6 Å². The van der Waals surface area contributed by atoms with Crippen molar-refractivity contribution in [3.63, 3.8) is 0 Å². The van der Waals surface area contributed by atoms with Gasteiger partial charge in [0.05, 0.1) is 37.3 Å². The van der Waals surface area contributed by atoms with Crippen LogP contribution >= 0.6 is 0 Å². The molecule has 200 valence electrons. The lowest BCUT2D eigenvalue weighted by Gasteiger charge is -2.31. The van der Waals surface area contributed by atoms with Crippen LogP contribution in [0.15, 0.2) is 24.3 Å². The molecule has 1 aromatic rings. The molecular weight excluding hydrogens is 474 g/mol. The van der Waals surface area contributed by atoms with E-state index in [1.54, 1.807) is 4.90 Å². The molecule has 36 heavy (non-hydrogen) atoms. The third-order valence-corrected chi connectivity index (χ3v) is 10.8. The van der Waals surface area contributed by atoms with Crippen molar-refractivity contribution in [2.45, 2.75) is 94.8 Å². The van der Waals surface area contributed by atoms with E-state index in [1.165, 1.54) is 0 Å². The third kappa shape index (κ3) is 6.37. The Balaban J connectivity index is 1.37. The molecule has 4 rings (SSSR count). The van der Waals surface area contributed by atoms with Gasteiger partial charge in [0.15, 0.2) is 8.32 Å². The predicted molar refractivity (Wildman–Crippen MR) is 142 cm³/mol. The molecule has 2 amide bonds. The Labute approximate surface area is 215 Å². The standard InChI is InChI=1S/C27H43N3O5Si/c1-18-23(12-11-19-7-4-8-20(15-19)29-27(33)22-10-5-13-28-22)35-24(26(18)36(2,3)34)16-25(32)30-14-6-9-21(30)17-31/h4,7-8,15,18,21-24,26,28,31,34H,5-6,9-14,16-17H2,1-3H3,(H,29,33)/t18-,21-,22+,23+,24-,26+/m0/s1. The number of rotatable bonds is 9. The van der Waals surface area contributed by atoms with Gasteiger partial charge in [0.1, 0.15) is 0 Å². The van der Waals surface area contributed by atoms with Gasteiger partial charge >= 0.3 is 0 Å². The summed E-state index contributed by atoms with van der Waals surface area (Å²) in [5.41, 5.74) is 1.91. The Kier molecular flexibility index (Phi) is 8.88. The number of nitrogens with zero attached hydrogens (tertiary/aromatic N) is 1. The zero-order valence-corrected chi connectivity index (χ0v) is 22.9. The van der Waals surface area contributed by atoms with E-state index in [0.717, 1.165) is 56.3 Å². The number of hydrogen-bond donors (Lipinski definition) is 4. The van der Waals surface area contributed by atoms with Gasteiger partial charge in [0.2, 0.25) is 11.8 Å². The molecule has 0 aliphatic carbocycles. The first-order chi connectivity index (χ1) is 17.2. The summed E-state index contributed by atoms with van der Waals surface area (Å²) in [7, 11) is -2.57. The van der Waals surface area contributed by atoms with E-state index in [-0.39, 0.29) is 60.6 Å². The number of likely N-dealkylation sites (tertiary alicyclic amines) is 1. The van der Waals surface area contributed by atoms with Gasteiger partial charge in [0.25, 0.3) is 0 Å². The Bertz CT molecular complexity index is 917. The Morgan fingerprint density at radius 2 is 2.03 bits per heavy atom. The van der Waals surface area contributed by atoms with Crippen LogP contribution in [0.2, 0.25) is 18.6 Å². The maximum absolute atomic E-state index is 13.1. The zero-order valence-electron chi connectivity index (χ0n) is 21.9. The second-order valence-corrected chi connectivity index (χ2v) is 15.4. The highest BCUT2D eigenvalue weighted by Crippen LogP contribution is 2.45. The Morgan fingerprint density at radius 3 is 2.72 bits per heavy atom. The van der Waals surface area contributed by atoms with Crippen molar-refractivity contribution in [3.05, 3.63) is 29.8 Å². The van der Waals surface area contributed by atoms with Crippen molar-refractivity contribution in [1.29, 1.82) is 0 Å². The summed E-state index contributed by atoms with van der Waals surface area (Å²) in [6.45, 7) is 7.59. The van der Waals surface area contributed by atoms with E-state index in [1.807, 2.05) is 31.3 Å². The van der Waals surface area contributed by atoms with Crippen molar-refractivity contribution in [3.8, 4) is 0 Å². The topological polar surface area (TPSA) is 111 Å². The number of aryl methyl sites for hydroxylation is 1. The Hall–Kier alpha value is -1.78. The highest BCUT2D eigenvalue weighted by Gasteiger charge is 2.50. The fourth-order valence-corrected chi connectivity index (χ4v) is 9.11. The minimum atomic E-state index is -2.57. The summed E-state index contributed by atoms with van der Waals surface area (Å²) in [4.78, 5) is 38.4. The van der Waals surface area contributed by atoms with Crippen LogP contribution in [0.1, 0.15) is 51.0 Å². The summed E-state index contributed by atoms with van der Waals surface area (Å²) >= 11 is 0. The number of hydrogen-bond acceptors (Lipinski definition) is 6. The molecule has 6 atom stereocenters. The molecule has 0 radical (unpaired) electrons. The molecule has 0 saturated carbocycles. The van der Waals surface area contributed by atoms with Crippen molar-refractivity contribution in [1.82, 2.24) is 10.2 Å². The number of amides is 2. The molecule has 8 nitrogen and oxygen atoms in total. The fourth-order valence-electron chi connectivity index (χ4n) is 6.50. The van der Waals surface area contributed by atoms with Crippen molar-refractivity contribution >= 4 is 25.8 Å². The fraction of sp³-hybridized carbons (Fsp3) is 0.704. The van der Waals surface area contributed by atoms with Gasteiger partial charge in [-0.05, 0) is 81.8 Å². The molecule has 1 aromatic carbocycles. The van der Waals surface area contributed by atoms with Crippen molar-refractivity contribution < 1.29 is 24.2 Å². The number of ether oxygens (including phenoxy) is 1. The van der Waals surface area contributed by atoms with Gasteiger partial charge in [-0.15, -0.1) is 0 Å². The maximum atomic E-state index is 13.1. The highest BCUT2D eigenvalue weighted by molar-refractivity contribution is 6.71. The average Bonchev–Trinajstić information content (AvgIpc) is 3.58. The molecule has 4 N–H and O–H groups in total. The van der Waals surface area contributed by atoms with E-state index in [4.69, 9.17) is 4.74 Å². The van der Waals surface area contributed by atoms with E-state index >= 15 is 0 Å². The molecular formula is C27H43N3O5Si. The number of carbonyl (C=O) groups excluding carboxylic acids is 2. The largest absolute Gasteiger partial charge is 0.432 e. The van der Waals surface area contributed by atoms with Crippen LogP contribution in [0.25, 0.3) is 0 Å². The quantitative estimate of drug-likeness (QED) is 0.375. The molecule has 0 spiro atoms. The lowest BCUT2D eigenvalue weighted by molar-refractivity contribution is -0.135. The van der Waals surface area contributed by atoms with Gasteiger partial charge in [0, 0.05) is 17.8 Å². The average molecular weight is 518 g/mol. The lowest BCUT2D eigenvalue weighted by Crippen LogP contribution is -2.43. The minimum Gasteiger partial charge on any atom is -0.432 e. The van der Waals surface area contributed by atoms with Gasteiger partial charge in [-0.2, -0.15) is 0 Å². The van der Waals surface area contributed by atoms with Crippen molar-refractivity contribution in [2.75, 3.05) is 25.0 Å². The van der Waals surface area contributed by atoms with E-state index in [9.17, 15) is 19.5 Å². The molecule has 9 heteroatoms. The van der Waals surface area contributed by atoms with Crippen LogP contribution in [0.3, 0.4) is 0 Å². The van der Waals surface area contributed by atoms with Gasteiger partial charge in [-0.1, -0.05) is 19.1 Å². The summed E-state index contributed by atoms with van der Waals surface area (Å²) in [6, 6.07) is 7.76. The predicted octanol–water partition coefficient (Wildman–Crippen LogP) is 2.65. The van der Waals surface area contributed by atoms with Gasteiger partial charge < -0.3 is 30.2 Å². The first kappa shape index (κ1) is 27.3. The van der Waals surface area contributed by atoms with Crippen LogP contribution < -0.4 is 10.6 Å². The molecule has 3 aliphatic rings. The lowest BCUT2D eigenvalue weighted by atomic mass is 9.95. The minimum absolute atomic E-state index is 0.00332. The molecule has 3 aliphatic heterocycles. The highest BCUT2D eigenvalue weighted by atomic mass is 28.4. The number of benzene rings is 1. The van der Waals surface area contributed by atoms with E-state index in [0.29, 0.717) is 6.54 Å². The number of aliphatic hydroxyl groups is 1. The van der Waals surface area contributed by atoms with Gasteiger partial charge in [-0.25, -0.2) is 0 Å². The molecule has 0 bridgehead atoms. The number of anilines is 1. The summed E-state index contributed by atoms with van der Waals surface area (Å²) in [6.07, 6.45) is 5.16. The summed E-state index contributed by atoms with van der Waals surface area (Å²) in [5.74, 6) is 0.190. The normalized spacial score (nSPS) is 30.6. The van der Waals surface area contributed by atoms with Crippen LogP contribution in [0.4, 0.5) is 5.69 Å². The molecule has 3 saturated heterocycles. The zero-order chi connectivity index (χ0) is 25.9. The molecule has 3 heterocycles. The van der Waals surface area contributed by atoms with Crippen molar-refractivity contribution in [2.24, 2.45) is 5.92 Å². The molecule has 0 aromatic heterocycles. The first-order valence-electron chi connectivity index (χ1n) is 13.6. The first-order valence-corrected chi connectivity index (χ1v) is 16.6. The monoisotopic (exact) mass is 517 g/mol.